The topological polar surface area (TPSA) is 38.0 Å². The normalized spacial score (nSPS) is 13.1. The zero-order valence-electron chi connectivity index (χ0n) is 29.8. The number of hydrogen-bond donors (Lipinski definition) is 2. The zero-order chi connectivity index (χ0) is 36.0. The first-order valence-electron chi connectivity index (χ1n) is 18.7. The Balaban J connectivity index is 1.20. The van der Waals surface area contributed by atoms with Crippen LogP contribution in [0.15, 0.2) is 194 Å². The van der Waals surface area contributed by atoms with E-state index in [2.05, 4.69) is 199 Å². The van der Waals surface area contributed by atoms with Gasteiger partial charge in [-0.05, 0) is 105 Å². The zero-order valence-corrected chi connectivity index (χ0v) is 29.8. The minimum atomic E-state index is -0.388. The maximum Gasteiger partial charge on any atom is 0.0817 e. The molecule has 54 heavy (non-hydrogen) atoms. The number of hydrogen-bond acceptors (Lipinski definition) is 2. The van der Waals surface area contributed by atoms with Gasteiger partial charge in [0.05, 0.1) is 12.2 Å². The van der Waals surface area contributed by atoms with Crippen molar-refractivity contribution in [3.63, 3.8) is 0 Å². The van der Waals surface area contributed by atoms with Crippen molar-refractivity contribution >= 4 is 70.7 Å². The fourth-order valence-corrected chi connectivity index (χ4v) is 8.56. The summed E-state index contributed by atoms with van der Waals surface area (Å²) in [6.07, 6.45) is 4.23. The second-order valence-corrected chi connectivity index (χ2v) is 14.2. The van der Waals surface area contributed by atoms with Crippen molar-refractivity contribution in [2.45, 2.75) is 12.2 Å². The standard InChI is InChI=1S/C52H38N2/c53-52(37-17-2-1-3-18-37)54-49(51-44-25-13-8-20-39(44)33-48-41-22-10-5-15-35(41)27-30-46(48)51)31-28-36-16-6-11-23-42(36)50-43-24-12-7-19-38(43)32-47-40-21-9-4-14-34(40)26-29-45(47)50/h1-33,49,52,54H,53H2/b31-28+. The SMILES string of the molecule is NC(NC(/C=C/c1ccccc1-c1c2ccccc2cc2c1ccc1ccccc12)c1c2ccccc2cc2c1ccc1ccccc12)c1ccccc1. The predicted molar refractivity (Wildman–Crippen MR) is 232 cm³/mol. The van der Waals surface area contributed by atoms with Crippen molar-refractivity contribution < 1.29 is 0 Å². The first kappa shape index (κ1) is 32.1. The van der Waals surface area contributed by atoms with Crippen LogP contribution in [-0.2, 0) is 0 Å². The molecule has 10 aromatic rings. The fourth-order valence-electron chi connectivity index (χ4n) is 8.56. The average Bonchev–Trinajstić information content (AvgIpc) is 3.24. The molecule has 2 heteroatoms. The van der Waals surface area contributed by atoms with E-state index in [0.29, 0.717) is 0 Å². The van der Waals surface area contributed by atoms with Gasteiger partial charge in [0.2, 0.25) is 0 Å². The second kappa shape index (κ2) is 13.4. The van der Waals surface area contributed by atoms with Gasteiger partial charge >= 0.3 is 0 Å². The third-order valence-corrected chi connectivity index (χ3v) is 11.1. The molecule has 10 rings (SSSR count). The van der Waals surface area contributed by atoms with Crippen LogP contribution in [-0.4, -0.2) is 0 Å². The van der Waals surface area contributed by atoms with Crippen LogP contribution in [0.5, 0.6) is 0 Å². The summed E-state index contributed by atoms with van der Waals surface area (Å²) in [6.45, 7) is 0. The molecule has 256 valence electrons. The lowest BCUT2D eigenvalue weighted by Crippen LogP contribution is -2.31. The Kier molecular flexibility index (Phi) is 7.99. The molecule has 3 N–H and O–H groups in total. The molecule has 0 aromatic heterocycles. The molecule has 0 aliphatic heterocycles. The van der Waals surface area contributed by atoms with Crippen LogP contribution in [0.3, 0.4) is 0 Å². The van der Waals surface area contributed by atoms with Gasteiger partial charge in [-0.2, -0.15) is 0 Å². The van der Waals surface area contributed by atoms with Gasteiger partial charge in [-0.1, -0.05) is 188 Å². The average molecular weight is 691 g/mol. The number of rotatable bonds is 7. The molecule has 0 heterocycles. The molecular formula is C52H38N2. The highest BCUT2D eigenvalue weighted by molar-refractivity contribution is 6.20. The molecule has 2 atom stereocenters. The van der Waals surface area contributed by atoms with E-state index in [1.165, 1.54) is 81.3 Å². The van der Waals surface area contributed by atoms with Crippen molar-refractivity contribution in [2.75, 3.05) is 0 Å². The Morgan fingerprint density at radius 2 is 0.926 bits per heavy atom. The molecular weight excluding hydrogens is 653 g/mol. The largest absolute Gasteiger partial charge is 0.312 e. The lowest BCUT2D eigenvalue weighted by Gasteiger charge is -2.25. The van der Waals surface area contributed by atoms with E-state index in [0.717, 1.165) is 11.1 Å². The summed E-state index contributed by atoms with van der Waals surface area (Å²) in [7, 11) is 0. The third kappa shape index (κ3) is 5.52. The Bertz CT molecular complexity index is 3050. The van der Waals surface area contributed by atoms with Crippen LogP contribution in [0.2, 0.25) is 0 Å². The summed E-state index contributed by atoms with van der Waals surface area (Å²) >= 11 is 0. The molecule has 0 fully saturated rings. The second-order valence-electron chi connectivity index (χ2n) is 14.2. The van der Waals surface area contributed by atoms with E-state index in [4.69, 9.17) is 5.73 Å². The van der Waals surface area contributed by atoms with E-state index < -0.39 is 0 Å². The Morgan fingerprint density at radius 3 is 1.63 bits per heavy atom. The highest BCUT2D eigenvalue weighted by Crippen LogP contribution is 2.42. The van der Waals surface area contributed by atoms with Gasteiger partial charge in [0.1, 0.15) is 0 Å². The number of nitrogens with one attached hydrogen (secondary N) is 1. The quantitative estimate of drug-likeness (QED) is 0.0992. The van der Waals surface area contributed by atoms with Crippen molar-refractivity contribution in [1.82, 2.24) is 5.32 Å². The smallest absolute Gasteiger partial charge is 0.0817 e. The van der Waals surface area contributed by atoms with Crippen LogP contribution < -0.4 is 11.1 Å². The minimum absolute atomic E-state index is 0.212. The first-order chi connectivity index (χ1) is 26.7. The fraction of sp³-hybridized carbons (Fsp3) is 0.0385. The molecule has 0 bridgehead atoms. The molecule has 0 saturated carbocycles. The molecule has 0 spiro atoms. The third-order valence-electron chi connectivity index (χ3n) is 11.1. The summed E-state index contributed by atoms with van der Waals surface area (Å²) in [5.41, 5.74) is 12.9. The highest BCUT2D eigenvalue weighted by Gasteiger charge is 2.21. The van der Waals surface area contributed by atoms with Crippen LogP contribution in [0.4, 0.5) is 0 Å². The number of benzene rings is 10. The summed E-state index contributed by atoms with van der Waals surface area (Å²) in [6, 6.07) is 67.6. The van der Waals surface area contributed by atoms with Gasteiger partial charge in [0.25, 0.3) is 0 Å². The lowest BCUT2D eigenvalue weighted by atomic mass is 9.87. The van der Waals surface area contributed by atoms with Gasteiger partial charge < -0.3 is 5.73 Å². The summed E-state index contributed by atoms with van der Waals surface area (Å²) < 4.78 is 0. The predicted octanol–water partition coefficient (Wildman–Crippen LogP) is 13.3. The Morgan fingerprint density at radius 1 is 0.407 bits per heavy atom. The monoisotopic (exact) mass is 690 g/mol. The van der Waals surface area contributed by atoms with E-state index >= 15 is 0 Å². The van der Waals surface area contributed by atoms with E-state index in [-0.39, 0.29) is 12.2 Å². The van der Waals surface area contributed by atoms with Crippen molar-refractivity contribution in [3.05, 3.63) is 211 Å². The Hall–Kier alpha value is -6.58. The van der Waals surface area contributed by atoms with Gasteiger partial charge in [0.15, 0.2) is 0 Å². The molecule has 0 saturated heterocycles. The molecule has 0 amide bonds. The van der Waals surface area contributed by atoms with Crippen LogP contribution >= 0.6 is 0 Å². The van der Waals surface area contributed by atoms with E-state index in [9.17, 15) is 0 Å². The maximum absolute atomic E-state index is 7.03. The van der Waals surface area contributed by atoms with Gasteiger partial charge in [0, 0.05) is 0 Å². The van der Waals surface area contributed by atoms with Gasteiger partial charge in [-0.15, -0.1) is 0 Å². The number of fused-ring (bicyclic) bond motifs is 8. The molecule has 0 radical (unpaired) electrons. The summed E-state index contributed by atoms with van der Waals surface area (Å²) in [5.74, 6) is 0. The summed E-state index contributed by atoms with van der Waals surface area (Å²) in [4.78, 5) is 0. The lowest BCUT2D eigenvalue weighted by molar-refractivity contribution is 0.513. The van der Waals surface area contributed by atoms with Crippen LogP contribution in [0.1, 0.15) is 28.9 Å². The molecule has 0 aliphatic rings. The van der Waals surface area contributed by atoms with Crippen molar-refractivity contribution in [3.8, 4) is 11.1 Å². The number of nitrogens with two attached hydrogens (primary N) is 1. The van der Waals surface area contributed by atoms with Crippen molar-refractivity contribution in [1.29, 1.82) is 0 Å². The van der Waals surface area contributed by atoms with E-state index in [1.807, 2.05) is 6.07 Å². The first-order valence-corrected chi connectivity index (χ1v) is 18.7. The Labute approximate surface area is 314 Å². The molecule has 10 aromatic carbocycles. The van der Waals surface area contributed by atoms with Crippen LogP contribution in [0, 0.1) is 0 Å². The molecule has 2 unspecified atom stereocenters. The molecule has 0 aliphatic carbocycles. The van der Waals surface area contributed by atoms with Crippen molar-refractivity contribution in [2.24, 2.45) is 5.73 Å². The van der Waals surface area contributed by atoms with Gasteiger partial charge in [-0.25, -0.2) is 0 Å². The van der Waals surface area contributed by atoms with Gasteiger partial charge in [-0.3, -0.25) is 5.32 Å². The van der Waals surface area contributed by atoms with E-state index in [1.54, 1.807) is 0 Å². The minimum Gasteiger partial charge on any atom is -0.312 e. The summed E-state index contributed by atoms with van der Waals surface area (Å²) in [5, 5.41) is 18.8. The molecule has 2 nitrogen and oxygen atoms in total. The highest BCUT2D eigenvalue weighted by atomic mass is 15.0. The maximum atomic E-state index is 7.03. The van der Waals surface area contributed by atoms with Crippen LogP contribution in [0.25, 0.3) is 81.8 Å².